The molecule has 3 saturated carbocycles. The lowest BCUT2D eigenvalue weighted by Crippen LogP contribution is -2.54. The summed E-state index contributed by atoms with van der Waals surface area (Å²) in [5.41, 5.74) is 1.45. The molecule has 5 aliphatic rings. The minimum absolute atomic E-state index is 0.133. The van der Waals surface area contributed by atoms with Gasteiger partial charge in [-0.2, -0.15) is 0 Å². The van der Waals surface area contributed by atoms with Crippen LogP contribution in [-0.4, -0.2) is 33.6 Å². The topological polar surface area (TPSA) is 53.0 Å². The average Bonchev–Trinajstić information content (AvgIpc) is 3.27. The lowest BCUT2D eigenvalue weighted by atomic mass is 9.46. The van der Waals surface area contributed by atoms with Gasteiger partial charge in [0.15, 0.2) is 0 Å². The molecule has 4 fully saturated rings. The Balaban J connectivity index is 1.41. The summed E-state index contributed by atoms with van der Waals surface area (Å²) in [5, 5.41) is 21.8. The summed E-state index contributed by atoms with van der Waals surface area (Å²) in [5.74, 6) is 3.46. The molecular weight excluding hydrogens is 396 g/mol. The smallest absolute Gasteiger partial charge is 0.122 e. The number of aliphatic hydroxyl groups excluding tert-OH is 2. The predicted molar refractivity (Wildman–Crippen MR) is 129 cm³/mol. The largest absolute Gasteiger partial charge is 0.393 e. The van der Waals surface area contributed by atoms with Crippen molar-refractivity contribution in [1.82, 2.24) is 0 Å². The van der Waals surface area contributed by atoms with Crippen LogP contribution in [0.25, 0.3) is 0 Å². The van der Waals surface area contributed by atoms with Gasteiger partial charge in [-0.05, 0) is 99.2 Å². The Kier molecular flexibility index (Phi) is 5.34. The van der Waals surface area contributed by atoms with Crippen molar-refractivity contribution >= 4 is 0 Å². The van der Waals surface area contributed by atoms with Crippen LogP contribution in [-0.2, 0) is 4.74 Å². The van der Waals surface area contributed by atoms with Crippen molar-refractivity contribution < 1.29 is 14.9 Å². The Morgan fingerprint density at radius 3 is 2.31 bits per heavy atom. The number of fused-ring (bicyclic) bond motifs is 6. The molecule has 0 bridgehead atoms. The van der Waals surface area contributed by atoms with Crippen molar-refractivity contribution in [3.63, 3.8) is 0 Å². The number of hydrogen-bond acceptors (Lipinski definition) is 3. The molecule has 3 nitrogen and oxygen atoms in total. The molecule has 32 heavy (non-hydrogen) atoms. The number of hydrogen-bond donors (Lipinski definition) is 2. The summed E-state index contributed by atoms with van der Waals surface area (Å²) in [6, 6.07) is 0. The molecule has 2 N–H and O–H groups in total. The molecule has 0 aromatic rings. The van der Waals surface area contributed by atoms with Gasteiger partial charge in [-0.3, -0.25) is 0 Å². The minimum Gasteiger partial charge on any atom is -0.393 e. The van der Waals surface area contributed by atoms with E-state index in [1.807, 2.05) is 0 Å². The van der Waals surface area contributed by atoms with Crippen LogP contribution in [0.4, 0.5) is 0 Å². The van der Waals surface area contributed by atoms with E-state index in [2.05, 4.69) is 54.5 Å². The zero-order valence-corrected chi connectivity index (χ0v) is 21.7. The maximum atomic E-state index is 11.6. The molecule has 0 radical (unpaired) electrons. The number of ether oxygens (including phenoxy) is 1. The fourth-order valence-corrected chi connectivity index (χ4v) is 9.65. The Morgan fingerprint density at radius 2 is 1.62 bits per heavy atom. The van der Waals surface area contributed by atoms with Crippen molar-refractivity contribution in [3.05, 3.63) is 11.6 Å². The fraction of sp³-hybridized carbons (Fsp3) is 0.931. The monoisotopic (exact) mass is 444 g/mol. The summed E-state index contributed by atoms with van der Waals surface area (Å²) in [6.07, 6.45) is 11.0. The van der Waals surface area contributed by atoms with E-state index in [1.54, 1.807) is 5.57 Å². The van der Waals surface area contributed by atoms with Crippen molar-refractivity contribution in [2.45, 2.75) is 123 Å². The van der Waals surface area contributed by atoms with Crippen LogP contribution in [0.3, 0.4) is 0 Å². The number of epoxide rings is 1. The Hall–Kier alpha value is -0.380. The fourth-order valence-electron chi connectivity index (χ4n) is 9.65. The van der Waals surface area contributed by atoms with E-state index in [1.165, 1.54) is 25.7 Å². The third-order valence-corrected chi connectivity index (χ3v) is 12.3. The van der Waals surface area contributed by atoms with E-state index in [9.17, 15) is 10.2 Å². The summed E-state index contributed by atoms with van der Waals surface area (Å²) in [6.45, 7) is 16.3. The lowest BCUT2D eigenvalue weighted by Gasteiger charge is -2.58. The van der Waals surface area contributed by atoms with E-state index in [4.69, 9.17) is 4.74 Å². The summed E-state index contributed by atoms with van der Waals surface area (Å²) >= 11 is 0. The molecule has 3 heteroatoms. The van der Waals surface area contributed by atoms with Gasteiger partial charge in [0.1, 0.15) is 11.2 Å². The second-order valence-electron chi connectivity index (χ2n) is 13.6. The molecule has 4 aliphatic carbocycles. The van der Waals surface area contributed by atoms with E-state index >= 15 is 0 Å². The quantitative estimate of drug-likeness (QED) is 0.405. The summed E-state index contributed by atoms with van der Waals surface area (Å²) in [4.78, 5) is 0. The van der Waals surface area contributed by atoms with Crippen molar-refractivity contribution in [2.24, 2.45) is 46.3 Å². The molecule has 11 atom stereocenters. The zero-order chi connectivity index (χ0) is 23.3. The van der Waals surface area contributed by atoms with Gasteiger partial charge in [-0.15, -0.1) is 0 Å². The molecule has 1 saturated heterocycles. The van der Waals surface area contributed by atoms with Crippen LogP contribution in [0.5, 0.6) is 0 Å². The van der Waals surface area contributed by atoms with Gasteiger partial charge in [0, 0.05) is 5.41 Å². The molecule has 0 aromatic heterocycles. The molecule has 182 valence electrons. The van der Waals surface area contributed by atoms with E-state index in [0.29, 0.717) is 17.8 Å². The van der Waals surface area contributed by atoms with Crippen LogP contribution in [0.1, 0.15) is 99.8 Å². The van der Waals surface area contributed by atoms with Crippen LogP contribution in [0, 0.1) is 46.3 Å². The number of aliphatic hydroxyl groups is 2. The summed E-state index contributed by atoms with van der Waals surface area (Å²) < 4.78 is 6.77. The maximum absolute atomic E-state index is 11.6. The predicted octanol–water partition coefficient (Wildman–Crippen LogP) is 6.13. The first-order valence-corrected chi connectivity index (χ1v) is 13.7. The first-order valence-electron chi connectivity index (χ1n) is 13.7. The molecule has 1 aliphatic heterocycles. The highest BCUT2D eigenvalue weighted by Crippen LogP contribution is 2.76. The van der Waals surface area contributed by atoms with Crippen LogP contribution < -0.4 is 0 Å². The number of allylic oxidation sites excluding steroid dienone is 1. The molecule has 1 spiro atoms. The maximum Gasteiger partial charge on any atom is 0.122 e. The van der Waals surface area contributed by atoms with Gasteiger partial charge in [0.2, 0.25) is 0 Å². The average molecular weight is 445 g/mol. The van der Waals surface area contributed by atoms with Gasteiger partial charge in [-0.25, -0.2) is 0 Å². The third-order valence-electron chi connectivity index (χ3n) is 12.3. The first kappa shape index (κ1) is 23.4. The SMILES string of the molecule is CC(C)C(C)C(C)C(O)[C@]1(C)O[C@]12CC[C@H]1[C@@H]3CC=C4C[C@@H](O)CC[C@]4(C)[C@H]3CC[C@@]12C. The van der Waals surface area contributed by atoms with E-state index in [0.717, 1.165) is 37.5 Å². The highest BCUT2D eigenvalue weighted by molar-refractivity contribution is 5.32. The zero-order valence-electron chi connectivity index (χ0n) is 21.7. The third kappa shape index (κ3) is 2.83. The molecule has 0 aromatic carbocycles. The molecule has 0 amide bonds. The number of rotatable bonds is 4. The highest BCUT2D eigenvalue weighted by atomic mass is 16.6. The lowest BCUT2D eigenvalue weighted by molar-refractivity contribution is -0.0568. The van der Waals surface area contributed by atoms with Gasteiger partial charge in [0.25, 0.3) is 0 Å². The van der Waals surface area contributed by atoms with Crippen LogP contribution in [0.2, 0.25) is 0 Å². The second-order valence-corrected chi connectivity index (χ2v) is 13.6. The van der Waals surface area contributed by atoms with Crippen molar-refractivity contribution in [2.75, 3.05) is 0 Å². The van der Waals surface area contributed by atoms with Crippen LogP contribution in [0.15, 0.2) is 11.6 Å². The Bertz CT molecular complexity index is 789. The summed E-state index contributed by atoms with van der Waals surface area (Å²) in [7, 11) is 0. The standard InChI is InChI=1S/C29H48O3/c1-17(2)18(3)19(4)25(31)28(7)29(32-28)15-12-24-22-9-8-20-16-21(30)10-13-26(20,5)23(22)11-14-27(24,29)6/h8,17-19,21-25,30-31H,9-16H2,1-7H3/t18?,19?,21-,22+,23-,24-,25?,26-,27-,28-,29-/m0/s1. The highest BCUT2D eigenvalue weighted by Gasteiger charge is 2.81. The van der Waals surface area contributed by atoms with Crippen LogP contribution >= 0.6 is 0 Å². The molecule has 3 unspecified atom stereocenters. The first-order chi connectivity index (χ1) is 14.9. The van der Waals surface area contributed by atoms with Gasteiger partial charge < -0.3 is 14.9 Å². The van der Waals surface area contributed by atoms with E-state index < -0.39 is 11.7 Å². The van der Waals surface area contributed by atoms with E-state index in [-0.39, 0.29) is 28.5 Å². The molecule has 1 heterocycles. The Labute approximate surface area is 196 Å². The van der Waals surface area contributed by atoms with Gasteiger partial charge in [-0.1, -0.05) is 53.2 Å². The normalized spacial score (nSPS) is 52.6. The van der Waals surface area contributed by atoms with Crippen molar-refractivity contribution in [1.29, 1.82) is 0 Å². The van der Waals surface area contributed by atoms with Gasteiger partial charge in [0.05, 0.1) is 12.2 Å². The Morgan fingerprint density at radius 1 is 0.938 bits per heavy atom. The van der Waals surface area contributed by atoms with Crippen molar-refractivity contribution in [3.8, 4) is 0 Å². The minimum atomic E-state index is -0.402. The second kappa shape index (κ2) is 7.31. The van der Waals surface area contributed by atoms with Gasteiger partial charge >= 0.3 is 0 Å². The molecule has 5 rings (SSSR count). The molecular formula is C29H48O3.